The number of likely N-dealkylation sites (tertiary alicyclic amines) is 1. The predicted molar refractivity (Wildman–Crippen MR) is 78.8 cm³/mol. The molecule has 1 saturated heterocycles. The van der Waals surface area contributed by atoms with E-state index in [4.69, 9.17) is 17.3 Å². The van der Waals surface area contributed by atoms with Crippen LogP contribution in [0.1, 0.15) is 38.7 Å². The van der Waals surface area contributed by atoms with E-state index in [1.807, 2.05) is 12.1 Å². The third kappa shape index (κ3) is 2.81. The molecule has 2 rings (SSSR count). The van der Waals surface area contributed by atoms with Crippen molar-refractivity contribution in [3.05, 3.63) is 28.8 Å². The van der Waals surface area contributed by atoms with Gasteiger partial charge in [0.05, 0.1) is 10.7 Å². The lowest BCUT2D eigenvalue weighted by atomic mass is 9.82. The van der Waals surface area contributed by atoms with Crippen molar-refractivity contribution in [1.82, 2.24) is 4.90 Å². The summed E-state index contributed by atoms with van der Waals surface area (Å²) in [6.07, 6.45) is 3.88. The highest BCUT2D eigenvalue weighted by molar-refractivity contribution is 6.33. The summed E-state index contributed by atoms with van der Waals surface area (Å²) in [5, 5.41) is 0.670. The van der Waals surface area contributed by atoms with Gasteiger partial charge < -0.3 is 5.73 Å². The Balaban J connectivity index is 2.01. The van der Waals surface area contributed by atoms with Crippen LogP contribution in [0.15, 0.2) is 18.2 Å². The molecule has 0 amide bonds. The van der Waals surface area contributed by atoms with Crippen LogP contribution >= 0.6 is 11.6 Å². The van der Waals surface area contributed by atoms with Gasteiger partial charge in [-0.25, -0.2) is 0 Å². The van der Waals surface area contributed by atoms with E-state index >= 15 is 0 Å². The molecule has 1 fully saturated rings. The van der Waals surface area contributed by atoms with Crippen molar-refractivity contribution >= 4 is 17.3 Å². The molecule has 1 heterocycles. The smallest absolute Gasteiger partial charge is 0.0638 e. The molecule has 2 N–H and O–H groups in total. The van der Waals surface area contributed by atoms with Crippen LogP contribution in [-0.2, 0) is 6.54 Å². The standard InChI is InChI=1S/C15H23ClN2/c1-3-15(4-2)7-8-18(11-15)10-12-5-6-14(17)13(16)9-12/h5-6,9H,3-4,7-8,10-11,17H2,1-2H3. The Morgan fingerprint density at radius 3 is 2.61 bits per heavy atom. The van der Waals surface area contributed by atoms with Crippen LogP contribution in [0.5, 0.6) is 0 Å². The van der Waals surface area contributed by atoms with Gasteiger partial charge in [0, 0.05) is 13.1 Å². The maximum atomic E-state index is 6.07. The SMILES string of the molecule is CCC1(CC)CCN(Cc2ccc(N)c(Cl)c2)C1. The van der Waals surface area contributed by atoms with Crippen molar-refractivity contribution in [3.8, 4) is 0 Å². The van der Waals surface area contributed by atoms with E-state index in [-0.39, 0.29) is 0 Å². The minimum absolute atomic E-state index is 0.539. The number of anilines is 1. The van der Waals surface area contributed by atoms with Gasteiger partial charge in [-0.1, -0.05) is 31.5 Å². The molecule has 18 heavy (non-hydrogen) atoms. The number of nitrogen functional groups attached to an aromatic ring is 1. The average Bonchev–Trinajstić information content (AvgIpc) is 2.78. The summed E-state index contributed by atoms with van der Waals surface area (Å²) >= 11 is 6.07. The zero-order valence-corrected chi connectivity index (χ0v) is 12.1. The van der Waals surface area contributed by atoms with E-state index in [0.717, 1.165) is 6.54 Å². The first-order valence-electron chi connectivity index (χ1n) is 6.85. The fourth-order valence-corrected chi connectivity index (χ4v) is 3.12. The molecular formula is C15H23ClN2. The summed E-state index contributed by atoms with van der Waals surface area (Å²) in [4.78, 5) is 2.54. The highest BCUT2D eigenvalue weighted by atomic mass is 35.5. The van der Waals surface area contributed by atoms with Gasteiger partial charge in [0.15, 0.2) is 0 Å². The third-order valence-electron chi connectivity index (χ3n) is 4.49. The normalized spacial score (nSPS) is 19.3. The zero-order valence-electron chi connectivity index (χ0n) is 11.4. The Morgan fingerprint density at radius 2 is 2.06 bits per heavy atom. The van der Waals surface area contributed by atoms with Gasteiger partial charge in [-0.15, -0.1) is 0 Å². The zero-order chi connectivity index (χ0) is 13.2. The summed E-state index contributed by atoms with van der Waals surface area (Å²) in [6.45, 7) is 8.02. The lowest BCUT2D eigenvalue weighted by Crippen LogP contribution is -2.26. The molecule has 1 aromatic carbocycles. The summed E-state index contributed by atoms with van der Waals surface area (Å²) in [7, 11) is 0. The second-order valence-electron chi connectivity index (χ2n) is 5.52. The molecule has 3 heteroatoms. The minimum Gasteiger partial charge on any atom is -0.398 e. The van der Waals surface area contributed by atoms with Crippen molar-refractivity contribution in [3.63, 3.8) is 0 Å². The fraction of sp³-hybridized carbons (Fsp3) is 0.600. The third-order valence-corrected chi connectivity index (χ3v) is 4.82. The predicted octanol–water partition coefficient (Wildman–Crippen LogP) is 3.93. The highest BCUT2D eigenvalue weighted by Crippen LogP contribution is 2.37. The number of rotatable bonds is 4. The van der Waals surface area contributed by atoms with Gasteiger partial charge >= 0.3 is 0 Å². The van der Waals surface area contributed by atoms with E-state index in [0.29, 0.717) is 16.1 Å². The molecular weight excluding hydrogens is 244 g/mol. The van der Waals surface area contributed by atoms with Gasteiger partial charge in [-0.2, -0.15) is 0 Å². The van der Waals surface area contributed by atoms with Crippen LogP contribution in [0.3, 0.4) is 0 Å². The Morgan fingerprint density at radius 1 is 1.33 bits per heavy atom. The first-order valence-corrected chi connectivity index (χ1v) is 7.22. The van der Waals surface area contributed by atoms with E-state index < -0.39 is 0 Å². The Bertz CT molecular complexity index is 413. The second-order valence-corrected chi connectivity index (χ2v) is 5.93. The van der Waals surface area contributed by atoms with E-state index in [1.165, 1.54) is 37.9 Å². The molecule has 0 spiro atoms. The number of benzene rings is 1. The van der Waals surface area contributed by atoms with Gasteiger partial charge in [-0.3, -0.25) is 4.90 Å². The summed E-state index contributed by atoms with van der Waals surface area (Å²) in [5.41, 5.74) is 8.20. The van der Waals surface area contributed by atoms with Crippen molar-refractivity contribution in [1.29, 1.82) is 0 Å². The van der Waals surface area contributed by atoms with Gasteiger partial charge in [0.1, 0.15) is 0 Å². The van der Waals surface area contributed by atoms with Crippen LogP contribution in [0.25, 0.3) is 0 Å². The first-order chi connectivity index (χ1) is 8.58. The molecule has 1 aliphatic heterocycles. The summed E-state index contributed by atoms with van der Waals surface area (Å²) < 4.78 is 0. The van der Waals surface area contributed by atoms with Gasteiger partial charge in [0.25, 0.3) is 0 Å². The minimum atomic E-state index is 0.539. The van der Waals surface area contributed by atoms with Crippen LogP contribution in [0.4, 0.5) is 5.69 Å². The molecule has 2 nitrogen and oxygen atoms in total. The lowest BCUT2D eigenvalue weighted by Gasteiger charge is -2.26. The largest absolute Gasteiger partial charge is 0.398 e. The second kappa shape index (κ2) is 5.50. The molecule has 1 aliphatic rings. The van der Waals surface area contributed by atoms with E-state index in [1.54, 1.807) is 0 Å². The van der Waals surface area contributed by atoms with Crippen LogP contribution in [0, 0.1) is 5.41 Å². The van der Waals surface area contributed by atoms with Crippen molar-refractivity contribution < 1.29 is 0 Å². The molecule has 0 atom stereocenters. The number of hydrogen-bond donors (Lipinski definition) is 1. The maximum Gasteiger partial charge on any atom is 0.0638 e. The maximum absolute atomic E-state index is 6.07. The van der Waals surface area contributed by atoms with Crippen LogP contribution in [0.2, 0.25) is 5.02 Å². The monoisotopic (exact) mass is 266 g/mol. The number of hydrogen-bond acceptors (Lipinski definition) is 2. The van der Waals surface area contributed by atoms with Crippen LogP contribution in [-0.4, -0.2) is 18.0 Å². The lowest BCUT2D eigenvalue weighted by molar-refractivity contribution is 0.236. The molecule has 0 aromatic heterocycles. The summed E-state index contributed by atoms with van der Waals surface area (Å²) in [6, 6.07) is 5.98. The number of nitrogens with zero attached hydrogens (tertiary/aromatic N) is 1. The molecule has 100 valence electrons. The molecule has 1 aromatic rings. The van der Waals surface area contributed by atoms with Gasteiger partial charge in [-0.05, 0) is 48.9 Å². The molecule has 0 radical (unpaired) electrons. The van der Waals surface area contributed by atoms with Crippen molar-refractivity contribution in [2.24, 2.45) is 5.41 Å². The molecule has 0 saturated carbocycles. The van der Waals surface area contributed by atoms with Gasteiger partial charge in [0.2, 0.25) is 0 Å². The quantitative estimate of drug-likeness (QED) is 0.837. The molecule has 0 unspecified atom stereocenters. The first kappa shape index (κ1) is 13.7. The average molecular weight is 267 g/mol. The number of halogens is 1. The topological polar surface area (TPSA) is 29.3 Å². The van der Waals surface area contributed by atoms with Crippen LogP contribution < -0.4 is 5.73 Å². The summed E-state index contributed by atoms with van der Waals surface area (Å²) in [5.74, 6) is 0. The van der Waals surface area contributed by atoms with Crippen molar-refractivity contribution in [2.75, 3.05) is 18.8 Å². The Labute approximate surface area is 115 Å². The fourth-order valence-electron chi connectivity index (χ4n) is 2.92. The number of nitrogens with two attached hydrogens (primary N) is 1. The Hall–Kier alpha value is -0.730. The van der Waals surface area contributed by atoms with E-state index in [9.17, 15) is 0 Å². The molecule has 0 bridgehead atoms. The van der Waals surface area contributed by atoms with Crippen molar-refractivity contribution in [2.45, 2.75) is 39.7 Å². The Kier molecular flexibility index (Phi) is 4.18. The van der Waals surface area contributed by atoms with E-state index in [2.05, 4.69) is 24.8 Å². The molecule has 0 aliphatic carbocycles. The highest BCUT2D eigenvalue weighted by Gasteiger charge is 2.34.